The number of hydrogen-bond acceptors (Lipinski definition) is 4. The summed E-state index contributed by atoms with van der Waals surface area (Å²) in [6.45, 7) is 0.460. The van der Waals surface area contributed by atoms with Crippen molar-refractivity contribution >= 4 is 15.9 Å². The summed E-state index contributed by atoms with van der Waals surface area (Å²) in [7, 11) is -1.86. The molecule has 21 heavy (non-hydrogen) atoms. The fraction of sp³-hybridized carbons (Fsp3) is 0.462. The number of sulfonamides is 1. The Balaban J connectivity index is 2.46. The molecule has 0 aliphatic heterocycles. The van der Waals surface area contributed by atoms with Gasteiger partial charge in [-0.15, -0.1) is 0 Å². The molecule has 6 nitrogen and oxygen atoms in total. The zero-order valence-electron chi connectivity index (χ0n) is 11.9. The van der Waals surface area contributed by atoms with Gasteiger partial charge in [0.05, 0.1) is 5.75 Å². The Kier molecular flexibility index (Phi) is 6.73. The van der Waals surface area contributed by atoms with E-state index in [1.165, 1.54) is 19.2 Å². The standard InChI is InChI=1S/C13H20FN3O3S/c1-16-21(19,20)7-3-2-6-17-13(18)12-8-11(14)5-4-10(12)9-15/h4-5,8,16H,2-3,6-7,9,15H2,1H3,(H,17,18). The van der Waals surface area contributed by atoms with Crippen LogP contribution >= 0.6 is 0 Å². The molecule has 0 aromatic heterocycles. The molecule has 0 saturated carbocycles. The van der Waals surface area contributed by atoms with Crippen molar-refractivity contribution < 1.29 is 17.6 Å². The van der Waals surface area contributed by atoms with E-state index in [4.69, 9.17) is 5.73 Å². The molecule has 1 rings (SSSR count). The summed E-state index contributed by atoms with van der Waals surface area (Å²) >= 11 is 0. The van der Waals surface area contributed by atoms with Crippen LogP contribution in [0.4, 0.5) is 4.39 Å². The van der Waals surface area contributed by atoms with Gasteiger partial charge < -0.3 is 11.1 Å². The highest BCUT2D eigenvalue weighted by Crippen LogP contribution is 2.10. The number of unbranched alkanes of at least 4 members (excludes halogenated alkanes) is 1. The second-order valence-corrected chi connectivity index (χ2v) is 6.54. The highest BCUT2D eigenvalue weighted by Gasteiger charge is 2.11. The average Bonchev–Trinajstić information content (AvgIpc) is 2.46. The van der Waals surface area contributed by atoms with Gasteiger partial charge in [-0.2, -0.15) is 0 Å². The van der Waals surface area contributed by atoms with Crippen molar-refractivity contribution in [2.45, 2.75) is 19.4 Å². The van der Waals surface area contributed by atoms with E-state index >= 15 is 0 Å². The molecule has 8 heteroatoms. The maximum Gasteiger partial charge on any atom is 0.251 e. The molecule has 0 atom stereocenters. The van der Waals surface area contributed by atoms with E-state index in [1.807, 2.05) is 0 Å². The quantitative estimate of drug-likeness (QED) is 0.602. The fourth-order valence-electron chi connectivity index (χ4n) is 1.75. The second kappa shape index (κ2) is 8.06. The van der Waals surface area contributed by atoms with Crippen LogP contribution < -0.4 is 15.8 Å². The summed E-state index contributed by atoms with van der Waals surface area (Å²) in [5.41, 5.74) is 6.27. The fourth-order valence-corrected chi connectivity index (χ4v) is 2.54. The first kappa shape index (κ1) is 17.5. The Labute approximate surface area is 124 Å². The number of carbonyl (C=O) groups excluding carboxylic acids is 1. The van der Waals surface area contributed by atoms with Crippen molar-refractivity contribution in [1.82, 2.24) is 10.0 Å². The predicted octanol–water partition coefficient (Wildman–Crippen LogP) is 0.344. The van der Waals surface area contributed by atoms with E-state index in [9.17, 15) is 17.6 Å². The molecule has 0 bridgehead atoms. The topological polar surface area (TPSA) is 101 Å². The van der Waals surface area contributed by atoms with Gasteiger partial charge in [0.25, 0.3) is 5.91 Å². The van der Waals surface area contributed by atoms with Gasteiger partial charge in [-0.3, -0.25) is 4.79 Å². The van der Waals surface area contributed by atoms with E-state index in [2.05, 4.69) is 10.0 Å². The van der Waals surface area contributed by atoms with Gasteiger partial charge in [0, 0.05) is 18.7 Å². The largest absolute Gasteiger partial charge is 0.352 e. The van der Waals surface area contributed by atoms with Crippen molar-refractivity contribution in [1.29, 1.82) is 0 Å². The van der Waals surface area contributed by atoms with E-state index in [1.54, 1.807) is 0 Å². The molecule has 0 saturated heterocycles. The zero-order valence-corrected chi connectivity index (χ0v) is 12.7. The van der Waals surface area contributed by atoms with Crippen LogP contribution in [0.25, 0.3) is 0 Å². The van der Waals surface area contributed by atoms with Gasteiger partial charge in [-0.1, -0.05) is 6.07 Å². The van der Waals surface area contributed by atoms with Crippen LogP contribution in [0.3, 0.4) is 0 Å². The van der Waals surface area contributed by atoms with Gasteiger partial charge in [0.2, 0.25) is 10.0 Å². The average molecular weight is 317 g/mol. The molecular formula is C13H20FN3O3S. The summed E-state index contributed by atoms with van der Waals surface area (Å²) < 4.78 is 37.7. The Hall–Kier alpha value is -1.51. The lowest BCUT2D eigenvalue weighted by atomic mass is 10.1. The van der Waals surface area contributed by atoms with Crippen LogP contribution in [0, 0.1) is 5.82 Å². The van der Waals surface area contributed by atoms with Gasteiger partial charge >= 0.3 is 0 Å². The molecule has 0 spiro atoms. The van der Waals surface area contributed by atoms with Crippen molar-refractivity contribution in [2.75, 3.05) is 19.3 Å². The van der Waals surface area contributed by atoms with Crippen molar-refractivity contribution in [3.05, 3.63) is 35.1 Å². The van der Waals surface area contributed by atoms with Crippen LogP contribution in [0.2, 0.25) is 0 Å². The summed E-state index contributed by atoms with van der Waals surface area (Å²) in [6, 6.07) is 3.87. The normalized spacial score (nSPS) is 11.4. The minimum atomic E-state index is -3.22. The Morgan fingerprint density at radius 1 is 1.33 bits per heavy atom. The molecule has 118 valence electrons. The minimum Gasteiger partial charge on any atom is -0.352 e. The number of nitrogens with two attached hydrogens (primary N) is 1. The van der Waals surface area contributed by atoms with E-state index < -0.39 is 21.7 Å². The van der Waals surface area contributed by atoms with Crippen molar-refractivity contribution in [2.24, 2.45) is 5.73 Å². The van der Waals surface area contributed by atoms with E-state index in [0.29, 0.717) is 24.9 Å². The molecule has 0 aliphatic rings. The van der Waals surface area contributed by atoms with Crippen LogP contribution in [-0.4, -0.2) is 33.7 Å². The number of halogens is 1. The first-order valence-electron chi connectivity index (χ1n) is 6.57. The number of rotatable bonds is 8. The number of hydrogen-bond donors (Lipinski definition) is 3. The lowest BCUT2D eigenvalue weighted by Gasteiger charge is -2.09. The van der Waals surface area contributed by atoms with Crippen LogP contribution in [0.1, 0.15) is 28.8 Å². The van der Waals surface area contributed by atoms with E-state index in [0.717, 1.165) is 6.07 Å². The lowest BCUT2D eigenvalue weighted by molar-refractivity contribution is 0.0951. The first-order valence-corrected chi connectivity index (χ1v) is 8.22. The summed E-state index contributed by atoms with van der Waals surface area (Å²) in [5.74, 6) is -0.906. The van der Waals surface area contributed by atoms with E-state index in [-0.39, 0.29) is 17.9 Å². The molecule has 0 radical (unpaired) electrons. The second-order valence-electron chi connectivity index (χ2n) is 4.49. The SMILES string of the molecule is CNS(=O)(=O)CCCCNC(=O)c1cc(F)ccc1CN. The molecule has 1 aromatic rings. The third-order valence-electron chi connectivity index (χ3n) is 2.97. The van der Waals surface area contributed by atoms with Crippen LogP contribution in [0.5, 0.6) is 0 Å². The van der Waals surface area contributed by atoms with Gasteiger partial charge in [-0.05, 0) is 37.6 Å². The monoisotopic (exact) mass is 317 g/mol. The summed E-state index contributed by atoms with van der Waals surface area (Å²) in [6.07, 6.45) is 0.941. The Morgan fingerprint density at radius 3 is 2.67 bits per heavy atom. The molecule has 1 aromatic carbocycles. The first-order chi connectivity index (χ1) is 9.89. The molecular weight excluding hydrogens is 297 g/mol. The van der Waals surface area contributed by atoms with Crippen LogP contribution in [-0.2, 0) is 16.6 Å². The van der Waals surface area contributed by atoms with Gasteiger partial charge in [0.1, 0.15) is 5.82 Å². The lowest BCUT2D eigenvalue weighted by Crippen LogP contribution is -2.27. The number of carbonyl (C=O) groups is 1. The highest BCUT2D eigenvalue weighted by atomic mass is 32.2. The number of nitrogens with one attached hydrogen (secondary N) is 2. The summed E-state index contributed by atoms with van der Waals surface area (Å²) in [4.78, 5) is 11.9. The maximum absolute atomic E-state index is 13.2. The van der Waals surface area contributed by atoms with Crippen molar-refractivity contribution in [3.8, 4) is 0 Å². The zero-order chi connectivity index (χ0) is 15.9. The van der Waals surface area contributed by atoms with Crippen molar-refractivity contribution in [3.63, 3.8) is 0 Å². The third-order valence-corrected chi connectivity index (χ3v) is 4.42. The van der Waals surface area contributed by atoms with Gasteiger partial charge in [0.15, 0.2) is 0 Å². The Bertz CT molecular complexity index is 590. The molecule has 0 aliphatic carbocycles. The highest BCUT2D eigenvalue weighted by molar-refractivity contribution is 7.89. The predicted molar refractivity (Wildman–Crippen MR) is 78.7 cm³/mol. The Morgan fingerprint density at radius 2 is 2.05 bits per heavy atom. The molecule has 1 amide bonds. The smallest absolute Gasteiger partial charge is 0.251 e. The molecule has 0 fully saturated rings. The third kappa shape index (κ3) is 5.78. The maximum atomic E-state index is 13.2. The number of benzene rings is 1. The van der Waals surface area contributed by atoms with Crippen LogP contribution in [0.15, 0.2) is 18.2 Å². The molecule has 4 N–H and O–H groups in total. The molecule has 0 heterocycles. The number of amides is 1. The minimum absolute atomic E-state index is 0.00733. The van der Waals surface area contributed by atoms with Gasteiger partial charge in [-0.25, -0.2) is 17.5 Å². The molecule has 0 unspecified atom stereocenters. The summed E-state index contributed by atoms with van der Waals surface area (Å²) in [5, 5.41) is 2.63.